The van der Waals surface area contributed by atoms with Crippen molar-refractivity contribution in [1.82, 2.24) is 0 Å². The molecule has 0 saturated heterocycles. The normalized spacial score (nSPS) is 44.0. The van der Waals surface area contributed by atoms with E-state index in [-0.39, 0.29) is 28.8 Å². The molecule has 2 nitrogen and oxygen atoms in total. The lowest BCUT2D eigenvalue weighted by Crippen LogP contribution is -2.20. The van der Waals surface area contributed by atoms with Crippen molar-refractivity contribution in [2.75, 3.05) is 0 Å². The zero-order valence-corrected chi connectivity index (χ0v) is 6.30. The number of ketones is 2. The molecule has 58 valence electrons. The lowest BCUT2D eigenvalue weighted by molar-refractivity contribution is -0.138. The molecule has 2 atom stereocenters. The molecule has 1 spiro atoms. The monoisotopic (exact) mass is 150 g/mol. The van der Waals surface area contributed by atoms with E-state index < -0.39 is 0 Å². The number of carbonyl (C=O) groups excluding carboxylic acids is 2. The summed E-state index contributed by atoms with van der Waals surface area (Å²) in [6.07, 6.45) is 4.27. The molecule has 0 unspecified atom stereocenters. The topological polar surface area (TPSA) is 34.1 Å². The lowest BCUT2D eigenvalue weighted by atomic mass is 9.94. The molecule has 2 bridgehead atoms. The first-order valence-corrected chi connectivity index (χ1v) is 4.34. The van der Waals surface area contributed by atoms with Crippen LogP contribution >= 0.6 is 0 Å². The molecule has 0 aliphatic heterocycles. The van der Waals surface area contributed by atoms with Crippen LogP contribution in [-0.2, 0) is 9.59 Å². The van der Waals surface area contributed by atoms with E-state index in [0.717, 1.165) is 25.7 Å². The minimum Gasteiger partial charge on any atom is -0.291 e. The van der Waals surface area contributed by atoms with Crippen LogP contribution in [0.2, 0.25) is 0 Å². The van der Waals surface area contributed by atoms with E-state index in [0.29, 0.717) is 0 Å². The Hall–Kier alpha value is -0.660. The summed E-state index contributed by atoms with van der Waals surface area (Å²) in [5, 5.41) is 0. The molecule has 2 heteroatoms. The van der Waals surface area contributed by atoms with E-state index >= 15 is 0 Å². The van der Waals surface area contributed by atoms with E-state index in [1.807, 2.05) is 0 Å². The first-order chi connectivity index (χ1) is 5.26. The van der Waals surface area contributed by atoms with Gasteiger partial charge in [0.2, 0.25) is 11.6 Å². The van der Waals surface area contributed by atoms with Gasteiger partial charge in [-0.3, -0.25) is 9.59 Å². The van der Waals surface area contributed by atoms with E-state index in [1.165, 1.54) is 0 Å². The van der Waals surface area contributed by atoms with Crippen LogP contribution in [-0.4, -0.2) is 11.6 Å². The molecule has 3 rings (SSSR count). The Labute approximate surface area is 65.0 Å². The van der Waals surface area contributed by atoms with Crippen molar-refractivity contribution in [2.45, 2.75) is 25.7 Å². The number of Topliss-reactive ketones (excluding diaryl/α,β-unsaturated/α-hetero) is 2. The van der Waals surface area contributed by atoms with Gasteiger partial charge in [0.25, 0.3) is 0 Å². The maximum atomic E-state index is 11.3. The molecule has 3 fully saturated rings. The maximum absolute atomic E-state index is 11.3. The highest BCUT2D eigenvalue weighted by molar-refractivity contribution is 6.42. The lowest BCUT2D eigenvalue weighted by Gasteiger charge is -2.07. The van der Waals surface area contributed by atoms with Crippen LogP contribution < -0.4 is 0 Å². The molecule has 0 aromatic rings. The van der Waals surface area contributed by atoms with Gasteiger partial charge in [-0.05, 0) is 31.1 Å². The molecule has 0 heterocycles. The standard InChI is InChI=1S/C9H10O2/c10-7-5-1-2-6(8(7)11)9(5)3-4-9/h5-6H,1-4H2/t5-,6-/m0/s1. The van der Waals surface area contributed by atoms with Crippen molar-refractivity contribution in [2.24, 2.45) is 17.3 Å². The Kier molecular flexibility index (Phi) is 0.768. The minimum absolute atomic E-state index is 0.0428. The predicted octanol–water partition coefficient (Wildman–Crippen LogP) is 0.945. The number of rotatable bonds is 0. The zero-order chi connectivity index (χ0) is 7.64. The second-order valence-corrected chi connectivity index (χ2v) is 4.14. The van der Waals surface area contributed by atoms with Gasteiger partial charge in [0.05, 0.1) is 0 Å². The summed E-state index contributed by atoms with van der Waals surface area (Å²) in [6.45, 7) is 0. The Morgan fingerprint density at radius 3 is 1.73 bits per heavy atom. The minimum atomic E-state index is -0.0428. The van der Waals surface area contributed by atoms with E-state index in [2.05, 4.69) is 0 Å². The van der Waals surface area contributed by atoms with Crippen molar-refractivity contribution in [3.05, 3.63) is 0 Å². The predicted molar refractivity (Wildman–Crippen MR) is 37.9 cm³/mol. The van der Waals surface area contributed by atoms with Gasteiger partial charge in [-0.1, -0.05) is 0 Å². The summed E-state index contributed by atoms with van der Waals surface area (Å²) < 4.78 is 0. The average molecular weight is 150 g/mol. The quantitative estimate of drug-likeness (QED) is 0.482. The average Bonchev–Trinajstić information content (AvgIpc) is 2.60. The summed E-state index contributed by atoms with van der Waals surface area (Å²) in [5.74, 6) is 0.220. The van der Waals surface area contributed by atoms with Crippen LogP contribution in [0.5, 0.6) is 0 Å². The van der Waals surface area contributed by atoms with Gasteiger partial charge in [-0.2, -0.15) is 0 Å². The summed E-state index contributed by atoms with van der Waals surface area (Å²) in [7, 11) is 0. The van der Waals surface area contributed by atoms with Gasteiger partial charge in [0, 0.05) is 11.8 Å². The Balaban J connectivity index is 2.14. The third-order valence-corrected chi connectivity index (χ3v) is 3.84. The highest BCUT2D eigenvalue weighted by Gasteiger charge is 2.69. The molecule has 0 N–H and O–H groups in total. The van der Waals surface area contributed by atoms with Gasteiger partial charge < -0.3 is 0 Å². The van der Waals surface area contributed by atoms with Gasteiger partial charge in [-0.25, -0.2) is 0 Å². The highest BCUT2D eigenvalue weighted by Crippen LogP contribution is 2.68. The fraction of sp³-hybridized carbons (Fsp3) is 0.778. The molecule has 11 heavy (non-hydrogen) atoms. The summed E-state index contributed by atoms with van der Waals surface area (Å²) >= 11 is 0. The fourth-order valence-electron chi connectivity index (χ4n) is 3.12. The number of hydrogen-bond acceptors (Lipinski definition) is 2. The van der Waals surface area contributed by atoms with Crippen molar-refractivity contribution in [3.8, 4) is 0 Å². The van der Waals surface area contributed by atoms with E-state index in [4.69, 9.17) is 0 Å². The Morgan fingerprint density at radius 1 is 1.00 bits per heavy atom. The molecular weight excluding hydrogens is 140 g/mol. The van der Waals surface area contributed by atoms with Crippen LogP contribution in [0.15, 0.2) is 0 Å². The Morgan fingerprint density at radius 2 is 1.45 bits per heavy atom. The van der Waals surface area contributed by atoms with Crippen molar-refractivity contribution in [3.63, 3.8) is 0 Å². The number of hydrogen-bond donors (Lipinski definition) is 0. The van der Waals surface area contributed by atoms with E-state index in [1.54, 1.807) is 0 Å². The molecule has 3 aliphatic rings. The first kappa shape index (κ1) is 5.92. The summed E-state index contributed by atoms with van der Waals surface area (Å²) in [5.41, 5.74) is 0.216. The smallest absolute Gasteiger partial charge is 0.202 e. The van der Waals surface area contributed by atoms with Crippen molar-refractivity contribution >= 4 is 11.6 Å². The summed E-state index contributed by atoms with van der Waals surface area (Å²) in [6, 6.07) is 0. The van der Waals surface area contributed by atoms with Crippen LogP contribution in [0.25, 0.3) is 0 Å². The molecule has 3 aliphatic carbocycles. The second kappa shape index (κ2) is 1.43. The van der Waals surface area contributed by atoms with Crippen LogP contribution in [0.1, 0.15) is 25.7 Å². The SMILES string of the molecule is O=C1C(=O)[C@@H]2CC[C@@H]1C21CC1. The zero-order valence-electron chi connectivity index (χ0n) is 6.30. The van der Waals surface area contributed by atoms with Gasteiger partial charge in [-0.15, -0.1) is 0 Å². The number of carbonyl (C=O) groups is 2. The van der Waals surface area contributed by atoms with Gasteiger partial charge in [0.1, 0.15) is 0 Å². The first-order valence-electron chi connectivity index (χ1n) is 4.34. The van der Waals surface area contributed by atoms with Crippen molar-refractivity contribution in [1.29, 1.82) is 0 Å². The van der Waals surface area contributed by atoms with Crippen LogP contribution in [0, 0.1) is 17.3 Å². The van der Waals surface area contributed by atoms with Crippen LogP contribution in [0.3, 0.4) is 0 Å². The van der Waals surface area contributed by atoms with Gasteiger partial charge in [0.15, 0.2) is 0 Å². The van der Waals surface area contributed by atoms with Crippen LogP contribution in [0.4, 0.5) is 0 Å². The molecule has 0 amide bonds. The molecule has 0 radical (unpaired) electrons. The largest absolute Gasteiger partial charge is 0.291 e. The highest BCUT2D eigenvalue weighted by atomic mass is 16.2. The van der Waals surface area contributed by atoms with Crippen molar-refractivity contribution < 1.29 is 9.59 Å². The summed E-state index contributed by atoms with van der Waals surface area (Å²) in [4.78, 5) is 22.5. The van der Waals surface area contributed by atoms with Gasteiger partial charge >= 0.3 is 0 Å². The molecular formula is C9H10O2. The molecule has 3 saturated carbocycles. The van der Waals surface area contributed by atoms with E-state index in [9.17, 15) is 9.59 Å². The Bertz CT molecular complexity index is 239. The molecule has 0 aromatic carbocycles. The maximum Gasteiger partial charge on any atom is 0.202 e. The molecule has 0 aromatic heterocycles. The third-order valence-electron chi connectivity index (χ3n) is 3.84. The third kappa shape index (κ3) is 0.453. The fourth-order valence-corrected chi connectivity index (χ4v) is 3.12. The second-order valence-electron chi connectivity index (χ2n) is 4.14.